The van der Waals surface area contributed by atoms with Crippen molar-refractivity contribution < 1.29 is 14.3 Å². The van der Waals surface area contributed by atoms with Crippen LogP contribution in [-0.4, -0.2) is 30.3 Å². The number of aromatic nitrogens is 2. The van der Waals surface area contributed by atoms with E-state index >= 15 is 0 Å². The van der Waals surface area contributed by atoms with E-state index in [0.717, 1.165) is 30.5 Å². The number of H-pyrrole nitrogens is 1. The molecule has 0 saturated heterocycles. The Kier molecular flexibility index (Phi) is 3.94. The first-order chi connectivity index (χ1) is 10.6. The second-order valence-corrected chi connectivity index (χ2v) is 5.43. The van der Waals surface area contributed by atoms with Crippen molar-refractivity contribution in [3.63, 3.8) is 0 Å². The predicted molar refractivity (Wildman–Crippen MR) is 83.1 cm³/mol. The molecule has 1 aromatic heterocycles. The van der Waals surface area contributed by atoms with Crippen LogP contribution in [0.15, 0.2) is 12.1 Å². The number of aromatic amines is 1. The number of carbonyl (C=O) groups excluding carboxylic acids is 1. The topological polar surface area (TPSA) is 76.2 Å². The zero-order valence-corrected chi connectivity index (χ0v) is 13.1. The van der Waals surface area contributed by atoms with Crippen molar-refractivity contribution in [1.29, 1.82) is 0 Å². The Labute approximate surface area is 132 Å². The highest BCUT2D eigenvalue weighted by atomic mass is 35.5. The summed E-state index contributed by atoms with van der Waals surface area (Å²) in [6.45, 7) is 0. The maximum Gasteiger partial charge on any atom is 0.276 e. The molecule has 0 saturated carbocycles. The van der Waals surface area contributed by atoms with Crippen LogP contribution >= 0.6 is 11.6 Å². The van der Waals surface area contributed by atoms with E-state index < -0.39 is 0 Å². The monoisotopic (exact) mass is 321 g/mol. The lowest BCUT2D eigenvalue weighted by atomic mass is 10.2. The number of carbonyl (C=O) groups is 1. The third-order valence-electron chi connectivity index (χ3n) is 3.74. The Bertz CT molecular complexity index is 727. The second kappa shape index (κ2) is 5.88. The van der Waals surface area contributed by atoms with Gasteiger partial charge in [0.15, 0.2) is 5.69 Å². The Morgan fingerprint density at radius 2 is 2.05 bits per heavy atom. The van der Waals surface area contributed by atoms with E-state index in [0.29, 0.717) is 27.9 Å². The Balaban J connectivity index is 1.90. The second-order valence-electron chi connectivity index (χ2n) is 5.02. The van der Waals surface area contributed by atoms with Crippen LogP contribution in [0.1, 0.15) is 28.2 Å². The smallest absolute Gasteiger partial charge is 0.276 e. The molecule has 1 aliphatic rings. The zero-order chi connectivity index (χ0) is 15.7. The lowest BCUT2D eigenvalue weighted by molar-refractivity contribution is 0.102. The molecule has 2 N–H and O–H groups in total. The minimum absolute atomic E-state index is 0.276. The summed E-state index contributed by atoms with van der Waals surface area (Å²) in [7, 11) is 3.03. The number of aryl methyl sites for hydroxylation is 1. The molecular formula is C15H16ClN3O3. The summed E-state index contributed by atoms with van der Waals surface area (Å²) in [5, 5.41) is 10.3. The van der Waals surface area contributed by atoms with Gasteiger partial charge in [-0.3, -0.25) is 9.89 Å². The van der Waals surface area contributed by atoms with E-state index in [1.165, 1.54) is 14.2 Å². The van der Waals surface area contributed by atoms with E-state index in [4.69, 9.17) is 21.1 Å². The number of rotatable bonds is 4. The van der Waals surface area contributed by atoms with E-state index in [1.54, 1.807) is 12.1 Å². The SMILES string of the molecule is COc1cc(NC(=O)c2n[nH]c3c2CCC3)c(OC)cc1Cl. The first kappa shape index (κ1) is 14.7. The summed E-state index contributed by atoms with van der Waals surface area (Å²) in [6, 6.07) is 3.23. The number of benzene rings is 1. The van der Waals surface area contributed by atoms with Gasteiger partial charge in [0.2, 0.25) is 0 Å². The highest BCUT2D eigenvalue weighted by molar-refractivity contribution is 6.32. The molecule has 2 aromatic rings. The molecule has 0 aliphatic heterocycles. The molecule has 1 heterocycles. The van der Waals surface area contributed by atoms with Gasteiger partial charge in [-0.1, -0.05) is 11.6 Å². The molecule has 7 heteroatoms. The molecule has 0 fully saturated rings. The van der Waals surface area contributed by atoms with Crippen LogP contribution in [0.3, 0.4) is 0 Å². The molecule has 0 radical (unpaired) electrons. The van der Waals surface area contributed by atoms with Crippen molar-refractivity contribution in [2.45, 2.75) is 19.3 Å². The van der Waals surface area contributed by atoms with Gasteiger partial charge in [-0.2, -0.15) is 5.10 Å². The number of anilines is 1. The first-order valence-corrected chi connectivity index (χ1v) is 7.30. The summed E-state index contributed by atoms with van der Waals surface area (Å²) in [4.78, 5) is 12.5. The van der Waals surface area contributed by atoms with E-state index in [-0.39, 0.29) is 5.91 Å². The number of ether oxygens (including phenoxy) is 2. The molecule has 22 heavy (non-hydrogen) atoms. The summed E-state index contributed by atoms with van der Waals surface area (Å²) < 4.78 is 10.4. The summed E-state index contributed by atoms with van der Waals surface area (Å²) in [6.07, 6.45) is 2.85. The van der Waals surface area contributed by atoms with Gasteiger partial charge >= 0.3 is 0 Å². The summed E-state index contributed by atoms with van der Waals surface area (Å²) in [5.41, 5.74) is 2.97. The van der Waals surface area contributed by atoms with Crippen LogP contribution in [0.5, 0.6) is 11.5 Å². The molecule has 0 unspecified atom stereocenters. The van der Waals surface area contributed by atoms with E-state index in [1.807, 2.05) is 0 Å². The van der Waals surface area contributed by atoms with E-state index in [9.17, 15) is 4.79 Å². The third-order valence-corrected chi connectivity index (χ3v) is 4.04. The number of nitrogens with zero attached hydrogens (tertiary/aromatic N) is 1. The molecule has 6 nitrogen and oxygen atoms in total. The third kappa shape index (κ3) is 2.50. The van der Waals surface area contributed by atoms with Gasteiger partial charge in [0.05, 0.1) is 24.9 Å². The van der Waals surface area contributed by atoms with Gasteiger partial charge in [0, 0.05) is 23.4 Å². The number of nitrogens with one attached hydrogen (secondary N) is 2. The quantitative estimate of drug-likeness (QED) is 0.908. The van der Waals surface area contributed by atoms with Crippen LogP contribution in [0.25, 0.3) is 0 Å². The molecule has 0 spiro atoms. The van der Waals surface area contributed by atoms with Crippen LogP contribution < -0.4 is 14.8 Å². The van der Waals surface area contributed by atoms with E-state index in [2.05, 4.69) is 15.5 Å². The van der Waals surface area contributed by atoms with Gasteiger partial charge < -0.3 is 14.8 Å². The summed E-state index contributed by atoms with van der Waals surface area (Å²) >= 11 is 6.06. The highest BCUT2D eigenvalue weighted by Gasteiger charge is 2.24. The minimum atomic E-state index is -0.276. The maximum atomic E-state index is 12.5. The normalized spacial score (nSPS) is 12.9. The molecule has 1 aromatic carbocycles. The Morgan fingerprint density at radius 3 is 2.77 bits per heavy atom. The van der Waals surface area contributed by atoms with Crippen molar-refractivity contribution in [2.75, 3.05) is 19.5 Å². The fourth-order valence-electron chi connectivity index (χ4n) is 2.65. The lowest BCUT2D eigenvalue weighted by Crippen LogP contribution is -2.15. The van der Waals surface area contributed by atoms with Gasteiger partial charge in [0.25, 0.3) is 5.91 Å². The number of halogens is 1. The van der Waals surface area contributed by atoms with Gasteiger partial charge in [-0.25, -0.2) is 0 Å². The number of hydrogen-bond donors (Lipinski definition) is 2. The van der Waals surface area contributed by atoms with Crippen LogP contribution in [0.4, 0.5) is 5.69 Å². The molecule has 1 aliphatic carbocycles. The molecule has 3 rings (SSSR count). The molecular weight excluding hydrogens is 306 g/mol. The average molecular weight is 322 g/mol. The number of methoxy groups -OCH3 is 2. The number of amides is 1. The predicted octanol–water partition coefficient (Wildman–Crippen LogP) is 2.82. The fraction of sp³-hybridized carbons (Fsp3) is 0.333. The average Bonchev–Trinajstić information content (AvgIpc) is 3.11. The van der Waals surface area contributed by atoms with Crippen molar-refractivity contribution >= 4 is 23.2 Å². The molecule has 116 valence electrons. The maximum absolute atomic E-state index is 12.5. The van der Waals surface area contributed by atoms with Gasteiger partial charge in [0.1, 0.15) is 11.5 Å². The fourth-order valence-corrected chi connectivity index (χ4v) is 2.88. The minimum Gasteiger partial charge on any atom is -0.495 e. The molecule has 1 amide bonds. The lowest BCUT2D eigenvalue weighted by Gasteiger charge is -2.12. The zero-order valence-electron chi connectivity index (χ0n) is 12.3. The van der Waals surface area contributed by atoms with Crippen molar-refractivity contribution in [3.8, 4) is 11.5 Å². The molecule has 0 atom stereocenters. The van der Waals surface area contributed by atoms with Crippen LogP contribution in [0.2, 0.25) is 5.02 Å². The Hall–Kier alpha value is -2.21. The summed E-state index contributed by atoms with van der Waals surface area (Å²) in [5.74, 6) is 0.651. The first-order valence-electron chi connectivity index (χ1n) is 6.93. The van der Waals surface area contributed by atoms with Crippen LogP contribution in [0, 0.1) is 0 Å². The highest BCUT2D eigenvalue weighted by Crippen LogP contribution is 2.36. The Morgan fingerprint density at radius 1 is 1.27 bits per heavy atom. The standard InChI is InChI=1S/C15H16ClN3O3/c1-21-12-7-11(13(22-2)6-9(12)16)17-15(20)14-8-4-3-5-10(8)18-19-14/h6-7H,3-5H2,1-2H3,(H,17,20)(H,18,19). The number of fused-ring (bicyclic) bond motifs is 1. The largest absolute Gasteiger partial charge is 0.495 e. The van der Waals surface area contributed by atoms with Crippen molar-refractivity contribution in [1.82, 2.24) is 10.2 Å². The van der Waals surface area contributed by atoms with Crippen LogP contribution in [-0.2, 0) is 12.8 Å². The molecule has 0 bridgehead atoms. The van der Waals surface area contributed by atoms with Gasteiger partial charge in [-0.05, 0) is 19.3 Å². The van der Waals surface area contributed by atoms with Crippen molar-refractivity contribution in [2.24, 2.45) is 0 Å². The van der Waals surface area contributed by atoms with Crippen molar-refractivity contribution in [3.05, 3.63) is 34.1 Å². The van der Waals surface area contributed by atoms with Gasteiger partial charge in [-0.15, -0.1) is 0 Å². The number of hydrogen-bond acceptors (Lipinski definition) is 4.